The van der Waals surface area contributed by atoms with Crippen molar-refractivity contribution in [2.45, 2.75) is 63.8 Å². The van der Waals surface area contributed by atoms with E-state index in [9.17, 15) is 4.79 Å². The second-order valence-electron chi connectivity index (χ2n) is 6.88. The third-order valence-corrected chi connectivity index (χ3v) is 5.04. The first-order valence-corrected chi connectivity index (χ1v) is 9.24. The van der Waals surface area contributed by atoms with Crippen molar-refractivity contribution >= 4 is 17.4 Å². The summed E-state index contributed by atoms with van der Waals surface area (Å²) in [5, 5.41) is 6.10. The molecule has 1 aromatic rings. The first kappa shape index (κ1) is 16.2. The molecule has 23 heavy (non-hydrogen) atoms. The summed E-state index contributed by atoms with van der Waals surface area (Å²) in [6.07, 6.45) is 11.2. The van der Waals surface area contributed by atoms with Gasteiger partial charge in [0.25, 0.3) is 0 Å². The number of hydrogen-bond donors (Lipinski definition) is 2. The van der Waals surface area contributed by atoms with Crippen molar-refractivity contribution in [3.8, 4) is 0 Å². The molecule has 1 saturated heterocycles. The molecule has 3 rings (SSSR count). The van der Waals surface area contributed by atoms with Gasteiger partial charge in [0, 0.05) is 30.5 Å². The zero-order valence-electron chi connectivity index (χ0n) is 14.0. The molecule has 1 aromatic carbocycles. The molecule has 0 bridgehead atoms. The van der Waals surface area contributed by atoms with Gasteiger partial charge in [-0.1, -0.05) is 25.7 Å². The average Bonchev–Trinajstić information content (AvgIpc) is 2.85. The smallest absolute Gasteiger partial charge is 0.319 e. The van der Waals surface area contributed by atoms with Crippen LogP contribution in [0.2, 0.25) is 0 Å². The van der Waals surface area contributed by atoms with Gasteiger partial charge < -0.3 is 15.5 Å². The minimum atomic E-state index is -0.0670. The molecule has 0 spiro atoms. The highest BCUT2D eigenvalue weighted by atomic mass is 16.2. The SMILES string of the molecule is O=C(Nc1ccc(N2CCCCC2)cc1)NC1CCCCCC1. The summed E-state index contributed by atoms with van der Waals surface area (Å²) < 4.78 is 0. The van der Waals surface area contributed by atoms with E-state index in [2.05, 4.69) is 27.7 Å². The van der Waals surface area contributed by atoms with Crippen LogP contribution in [-0.2, 0) is 0 Å². The van der Waals surface area contributed by atoms with Crippen LogP contribution in [0.3, 0.4) is 0 Å². The number of piperidine rings is 1. The van der Waals surface area contributed by atoms with Crippen molar-refractivity contribution in [2.75, 3.05) is 23.3 Å². The Bertz CT molecular complexity index is 486. The summed E-state index contributed by atoms with van der Waals surface area (Å²) in [5.41, 5.74) is 2.14. The maximum absolute atomic E-state index is 12.1. The Labute approximate surface area is 139 Å². The molecular weight excluding hydrogens is 286 g/mol. The predicted octanol–water partition coefficient (Wildman–Crippen LogP) is 4.52. The Morgan fingerprint density at radius 2 is 1.48 bits per heavy atom. The molecule has 2 aliphatic rings. The highest BCUT2D eigenvalue weighted by Crippen LogP contribution is 2.22. The van der Waals surface area contributed by atoms with E-state index in [0.717, 1.165) is 31.6 Å². The fourth-order valence-corrected chi connectivity index (χ4v) is 3.68. The first-order valence-electron chi connectivity index (χ1n) is 9.24. The number of benzene rings is 1. The summed E-state index contributed by atoms with van der Waals surface area (Å²) in [5.74, 6) is 0. The molecule has 126 valence electrons. The minimum absolute atomic E-state index is 0.0670. The van der Waals surface area contributed by atoms with Gasteiger partial charge in [-0.2, -0.15) is 0 Å². The van der Waals surface area contributed by atoms with Gasteiger partial charge >= 0.3 is 6.03 Å². The summed E-state index contributed by atoms with van der Waals surface area (Å²) in [6, 6.07) is 8.53. The zero-order valence-corrected chi connectivity index (χ0v) is 14.0. The van der Waals surface area contributed by atoms with Gasteiger partial charge in [0.1, 0.15) is 0 Å². The van der Waals surface area contributed by atoms with E-state index in [1.54, 1.807) is 0 Å². The lowest BCUT2D eigenvalue weighted by Crippen LogP contribution is -2.37. The summed E-state index contributed by atoms with van der Waals surface area (Å²) in [7, 11) is 0. The number of carbonyl (C=O) groups excluding carboxylic acids is 1. The normalized spacial score (nSPS) is 19.9. The third-order valence-electron chi connectivity index (χ3n) is 5.04. The molecular formula is C19H29N3O. The Kier molecular flexibility index (Phi) is 5.78. The standard InChI is InChI=1S/C19H29N3O/c23-19(20-16-8-4-1-2-5-9-16)21-17-10-12-18(13-11-17)22-14-6-3-7-15-22/h10-13,16H,1-9,14-15H2,(H2,20,21,23). The minimum Gasteiger partial charge on any atom is -0.372 e. The molecule has 0 atom stereocenters. The van der Waals surface area contributed by atoms with Crippen molar-refractivity contribution in [2.24, 2.45) is 0 Å². The predicted molar refractivity (Wildman–Crippen MR) is 96.2 cm³/mol. The first-order chi connectivity index (χ1) is 11.3. The number of rotatable bonds is 3. The van der Waals surface area contributed by atoms with Gasteiger partial charge in [-0.15, -0.1) is 0 Å². The number of nitrogens with one attached hydrogen (secondary N) is 2. The highest BCUT2D eigenvalue weighted by molar-refractivity contribution is 5.89. The van der Waals surface area contributed by atoms with Crippen LogP contribution in [0.15, 0.2) is 24.3 Å². The van der Waals surface area contributed by atoms with Crippen LogP contribution < -0.4 is 15.5 Å². The molecule has 4 heteroatoms. The molecule has 2 amide bonds. The van der Waals surface area contributed by atoms with Gasteiger partial charge in [-0.25, -0.2) is 4.79 Å². The van der Waals surface area contributed by atoms with Crippen molar-refractivity contribution < 1.29 is 4.79 Å². The van der Waals surface area contributed by atoms with E-state index in [1.807, 2.05) is 12.1 Å². The van der Waals surface area contributed by atoms with Crippen molar-refractivity contribution in [1.82, 2.24) is 5.32 Å². The number of hydrogen-bond acceptors (Lipinski definition) is 2. The van der Waals surface area contributed by atoms with Crippen LogP contribution in [0.1, 0.15) is 57.8 Å². The molecule has 1 aliphatic carbocycles. The zero-order chi connectivity index (χ0) is 15.9. The van der Waals surface area contributed by atoms with Crippen LogP contribution in [0, 0.1) is 0 Å². The van der Waals surface area contributed by atoms with Gasteiger partial charge in [0.15, 0.2) is 0 Å². The van der Waals surface area contributed by atoms with Crippen LogP contribution >= 0.6 is 0 Å². The topological polar surface area (TPSA) is 44.4 Å². The van der Waals surface area contributed by atoms with Crippen molar-refractivity contribution in [3.05, 3.63) is 24.3 Å². The quantitative estimate of drug-likeness (QED) is 0.805. The van der Waals surface area contributed by atoms with E-state index in [4.69, 9.17) is 0 Å². The van der Waals surface area contributed by atoms with Gasteiger partial charge in [0.05, 0.1) is 0 Å². The highest BCUT2D eigenvalue weighted by Gasteiger charge is 2.15. The molecule has 0 unspecified atom stereocenters. The van der Waals surface area contributed by atoms with Crippen molar-refractivity contribution in [3.63, 3.8) is 0 Å². The number of carbonyl (C=O) groups is 1. The summed E-state index contributed by atoms with van der Waals surface area (Å²) >= 11 is 0. The fourth-order valence-electron chi connectivity index (χ4n) is 3.68. The number of urea groups is 1. The molecule has 1 saturated carbocycles. The molecule has 1 aliphatic heterocycles. The number of nitrogens with zero attached hydrogens (tertiary/aromatic N) is 1. The Hall–Kier alpha value is -1.71. The number of amides is 2. The Morgan fingerprint density at radius 3 is 2.13 bits per heavy atom. The van der Waals surface area contributed by atoms with Crippen LogP contribution in [0.5, 0.6) is 0 Å². The lowest BCUT2D eigenvalue weighted by molar-refractivity contribution is 0.247. The second-order valence-corrected chi connectivity index (χ2v) is 6.88. The van der Waals surface area contributed by atoms with Gasteiger partial charge in [-0.3, -0.25) is 0 Å². The molecule has 4 nitrogen and oxygen atoms in total. The van der Waals surface area contributed by atoms with Crippen molar-refractivity contribution in [1.29, 1.82) is 0 Å². The average molecular weight is 315 g/mol. The van der Waals surface area contributed by atoms with E-state index >= 15 is 0 Å². The largest absolute Gasteiger partial charge is 0.372 e. The lowest BCUT2D eigenvalue weighted by atomic mass is 10.1. The number of anilines is 2. The van der Waals surface area contributed by atoms with Gasteiger partial charge in [-0.05, 0) is 56.4 Å². The summed E-state index contributed by atoms with van der Waals surface area (Å²) in [6.45, 7) is 2.30. The molecule has 2 fully saturated rings. The molecule has 0 aromatic heterocycles. The second kappa shape index (κ2) is 8.23. The fraction of sp³-hybridized carbons (Fsp3) is 0.632. The third kappa shape index (κ3) is 4.88. The van der Waals surface area contributed by atoms with Gasteiger partial charge in [0.2, 0.25) is 0 Å². The van der Waals surface area contributed by atoms with Crippen LogP contribution in [-0.4, -0.2) is 25.2 Å². The lowest BCUT2D eigenvalue weighted by Gasteiger charge is -2.28. The van der Waals surface area contributed by atoms with E-state index < -0.39 is 0 Å². The summed E-state index contributed by atoms with van der Waals surface area (Å²) in [4.78, 5) is 14.6. The monoisotopic (exact) mass is 315 g/mol. The van der Waals surface area contributed by atoms with Crippen LogP contribution in [0.25, 0.3) is 0 Å². The van der Waals surface area contributed by atoms with E-state index in [1.165, 1.54) is 50.6 Å². The molecule has 0 radical (unpaired) electrons. The maximum Gasteiger partial charge on any atom is 0.319 e. The Morgan fingerprint density at radius 1 is 0.870 bits per heavy atom. The Balaban J connectivity index is 1.49. The van der Waals surface area contributed by atoms with E-state index in [0.29, 0.717) is 6.04 Å². The van der Waals surface area contributed by atoms with E-state index in [-0.39, 0.29) is 6.03 Å². The maximum atomic E-state index is 12.1. The van der Waals surface area contributed by atoms with Crippen LogP contribution in [0.4, 0.5) is 16.2 Å². The molecule has 1 heterocycles. The molecule has 2 N–H and O–H groups in total.